The lowest BCUT2D eigenvalue weighted by molar-refractivity contribution is 0.0682. The van der Waals surface area contributed by atoms with Crippen LogP contribution in [-0.2, 0) is 0 Å². The first-order valence-electron chi connectivity index (χ1n) is 6.00. The second-order valence-electron chi connectivity index (χ2n) is 4.77. The van der Waals surface area contributed by atoms with Crippen molar-refractivity contribution in [3.05, 3.63) is 28.5 Å². The van der Waals surface area contributed by atoms with Crippen molar-refractivity contribution in [2.24, 2.45) is 5.92 Å². The molecular formula is C13H17ClN2O. The molecule has 4 heteroatoms. The summed E-state index contributed by atoms with van der Waals surface area (Å²) >= 11 is 5.79. The van der Waals surface area contributed by atoms with Crippen LogP contribution in [0.5, 0.6) is 0 Å². The number of piperidine rings is 1. The number of carbonyl (C=O) groups is 1. The van der Waals surface area contributed by atoms with Crippen LogP contribution < -0.4 is 0 Å². The monoisotopic (exact) mass is 252 g/mol. The molecule has 0 bridgehead atoms. The SMILES string of the molecule is Cc1nc(Cl)ccc1C(=O)N1CCCC(C)C1. The lowest BCUT2D eigenvalue weighted by atomic mass is 9.99. The van der Waals surface area contributed by atoms with Gasteiger partial charge < -0.3 is 4.90 Å². The van der Waals surface area contributed by atoms with Crippen molar-refractivity contribution >= 4 is 17.5 Å². The van der Waals surface area contributed by atoms with Crippen molar-refractivity contribution in [3.63, 3.8) is 0 Å². The van der Waals surface area contributed by atoms with E-state index in [0.29, 0.717) is 22.3 Å². The molecule has 1 aromatic heterocycles. The van der Waals surface area contributed by atoms with Gasteiger partial charge in [0.2, 0.25) is 0 Å². The molecule has 0 saturated carbocycles. The van der Waals surface area contributed by atoms with Crippen LogP contribution in [0.25, 0.3) is 0 Å². The maximum atomic E-state index is 12.3. The summed E-state index contributed by atoms with van der Waals surface area (Å²) in [5.41, 5.74) is 1.38. The highest BCUT2D eigenvalue weighted by atomic mass is 35.5. The van der Waals surface area contributed by atoms with Gasteiger partial charge in [-0.05, 0) is 37.8 Å². The van der Waals surface area contributed by atoms with Crippen LogP contribution in [0.15, 0.2) is 12.1 Å². The van der Waals surface area contributed by atoms with Crippen LogP contribution in [0.2, 0.25) is 5.15 Å². The van der Waals surface area contributed by atoms with Gasteiger partial charge in [0.1, 0.15) is 5.15 Å². The summed E-state index contributed by atoms with van der Waals surface area (Å²) in [5, 5.41) is 0.436. The Balaban J connectivity index is 2.18. The van der Waals surface area contributed by atoms with E-state index in [-0.39, 0.29) is 5.91 Å². The Morgan fingerprint density at radius 2 is 2.29 bits per heavy atom. The predicted octanol–water partition coefficient (Wildman–Crippen LogP) is 2.92. The van der Waals surface area contributed by atoms with Gasteiger partial charge >= 0.3 is 0 Å². The molecule has 3 nitrogen and oxygen atoms in total. The molecular weight excluding hydrogens is 236 g/mol. The molecule has 0 aliphatic carbocycles. The van der Waals surface area contributed by atoms with Crippen molar-refractivity contribution in [1.82, 2.24) is 9.88 Å². The number of halogens is 1. The number of amides is 1. The minimum Gasteiger partial charge on any atom is -0.338 e. The number of aryl methyl sites for hydroxylation is 1. The van der Waals surface area contributed by atoms with Crippen molar-refractivity contribution in [2.75, 3.05) is 13.1 Å². The second-order valence-corrected chi connectivity index (χ2v) is 5.15. The summed E-state index contributed by atoms with van der Waals surface area (Å²) < 4.78 is 0. The first kappa shape index (κ1) is 12.4. The van der Waals surface area contributed by atoms with Crippen molar-refractivity contribution in [3.8, 4) is 0 Å². The van der Waals surface area contributed by atoms with Crippen molar-refractivity contribution < 1.29 is 4.79 Å². The second kappa shape index (κ2) is 5.05. The molecule has 92 valence electrons. The van der Waals surface area contributed by atoms with Crippen LogP contribution in [0.3, 0.4) is 0 Å². The number of nitrogens with zero attached hydrogens (tertiary/aromatic N) is 2. The van der Waals surface area contributed by atoms with Gasteiger partial charge in [-0.3, -0.25) is 4.79 Å². The lowest BCUT2D eigenvalue weighted by Crippen LogP contribution is -2.39. The summed E-state index contributed by atoms with van der Waals surface area (Å²) in [4.78, 5) is 18.4. The highest BCUT2D eigenvalue weighted by Gasteiger charge is 2.23. The maximum Gasteiger partial charge on any atom is 0.255 e. The third-order valence-corrected chi connectivity index (χ3v) is 3.44. The van der Waals surface area contributed by atoms with Gasteiger partial charge in [-0.15, -0.1) is 0 Å². The third kappa shape index (κ3) is 2.78. The number of carbonyl (C=O) groups excluding carboxylic acids is 1. The zero-order valence-electron chi connectivity index (χ0n) is 10.2. The Bertz CT molecular complexity index is 433. The molecule has 1 aliphatic rings. The number of likely N-dealkylation sites (tertiary alicyclic amines) is 1. The zero-order valence-corrected chi connectivity index (χ0v) is 11.0. The maximum absolute atomic E-state index is 12.3. The average Bonchev–Trinajstić information content (AvgIpc) is 2.28. The van der Waals surface area contributed by atoms with Crippen LogP contribution in [0.4, 0.5) is 0 Å². The molecule has 1 saturated heterocycles. The predicted molar refractivity (Wildman–Crippen MR) is 68.3 cm³/mol. The smallest absolute Gasteiger partial charge is 0.255 e. The molecule has 1 fully saturated rings. The summed E-state index contributed by atoms with van der Waals surface area (Å²) in [7, 11) is 0. The van der Waals surface area contributed by atoms with Crippen LogP contribution in [-0.4, -0.2) is 28.9 Å². The van der Waals surface area contributed by atoms with Crippen LogP contribution >= 0.6 is 11.6 Å². The van der Waals surface area contributed by atoms with Gasteiger partial charge in [0.25, 0.3) is 5.91 Å². The van der Waals surface area contributed by atoms with Crippen LogP contribution in [0.1, 0.15) is 35.8 Å². The first-order valence-corrected chi connectivity index (χ1v) is 6.38. The quantitative estimate of drug-likeness (QED) is 0.720. The Hall–Kier alpha value is -1.09. The summed E-state index contributed by atoms with van der Waals surface area (Å²) in [6.45, 7) is 5.71. The highest BCUT2D eigenvalue weighted by molar-refractivity contribution is 6.29. The van der Waals surface area contributed by atoms with Crippen LogP contribution in [0, 0.1) is 12.8 Å². The number of rotatable bonds is 1. The van der Waals surface area contributed by atoms with Gasteiger partial charge in [-0.1, -0.05) is 18.5 Å². The van der Waals surface area contributed by atoms with Gasteiger partial charge in [0.15, 0.2) is 0 Å². The van der Waals surface area contributed by atoms with E-state index in [1.165, 1.54) is 6.42 Å². The fourth-order valence-electron chi connectivity index (χ4n) is 2.30. The Labute approximate surface area is 107 Å². The topological polar surface area (TPSA) is 33.2 Å². The molecule has 0 aromatic carbocycles. The van der Waals surface area contributed by atoms with E-state index in [0.717, 1.165) is 19.5 Å². The number of pyridine rings is 1. The lowest BCUT2D eigenvalue weighted by Gasteiger charge is -2.31. The van der Waals surface area contributed by atoms with E-state index < -0.39 is 0 Å². The Morgan fingerprint density at radius 1 is 1.53 bits per heavy atom. The first-order chi connectivity index (χ1) is 8.08. The standard InChI is InChI=1S/C13H17ClN2O/c1-9-4-3-7-16(8-9)13(17)11-5-6-12(14)15-10(11)2/h5-6,9H,3-4,7-8H2,1-2H3. The molecule has 1 aliphatic heterocycles. The van der Waals surface area contributed by atoms with Gasteiger partial charge in [-0.2, -0.15) is 0 Å². The molecule has 1 unspecified atom stereocenters. The van der Waals surface area contributed by atoms with E-state index in [1.54, 1.807) is 12.1 Å². The molecule has 17 heavy (non-hydrogen) atoms. The highest BCUT2D eigenvalue weighted by Crippen LogP contribution is 2.19. The van der Waals surface area contributed by atoms with E-state index in [2.05, 4.69) is 11.9 Å². The third-order valence-electron chi connectivity index (χ3n) is 3.23. The van der Waals surface area contributed by atoms with Gasteiger partial charge in [0.05, 0.1) is 11.3 Å². The molecule has 1 amide bonds. The van der Waals surface area contributed by atoms with Gasteiger partial charge in [0, 0.05) is 13.1 Å². The van der Waals surface area contributed by atoms with Gasteiger partial charge in [-0.25, -0.2) is 4.98 Å². The van der Waals surface area contributed by atoms with Crippen molar-refractivity contribution in [2.45, 2.75) is 26.7 Å². The number of hydrogen-bond donors (Lipinski definition) is 0. The van der Waals surface area contributed by atoms with Crippen molar-refractivity contribution in [1.29, 1.82) is 0 Å². The fraction of sp³-hybridized carbons (Fsp3) is 0.538. The Kier molecular flexibility index (Phi) is 3.67. The van der Waals surface area contributed by atoms with E-state index in [1.807, 2.05) is 11.8 Å². The number of aromatic nitrogens is 1. The molecule has 2 heterocycles. The summed E-state index contributed by atoms with van der Waals surface area (Å²) in [6.07, 6.45) is 2.30. The average molecular weight is 253 g/mol. The Morgan fingerprint density at radius 3 is 2.94 bits per heavy atom. The van der Waals surface area contributed by atoms with E-state index in [9.17, 15) is 4.79 Å². The summed E-state index contributed by atoms with van der Waals surface area (Å²) in [5.74, 6) is 0.673. The summed E-state index contributed by atoms with van der Waals surface area (Å²) in [6, 6.07) is 3.45. The molecule has 0 radical (unpaired) electrons. The van der Waals surface area contributed by atoms with E-state index in [4.69, 9.17) is 11.6 Å². The zero-order chi connectivity index (χ0) is 12.4. The normalized spacial score (nSPS) is 20.4. The molecule has 1 aromatic rings. The molecule has 1 atom stereocenters. The molecule has 0 spiro atoms. The van der Waals surface area contributed by atoms with E-state index >= 15 is 0 Å². The minimum absolute atomic E-state index is 0.0817. The number of hydrogen-bond acceptors (Lipinski definition) is 2. The largest absolute Gasteiger partial charge is 0.338 e. The fourth-order valence-corrected chi connectivity index (χ4v) is 2.49. The minimum atomic E-state index is 0.0817. The molecule has 0 N–H and O–H groups in total. The molecule has 2 rings (SSSR count).